The third kappa shape index (κ3) is 5.74. The summed E-state index contributed by atoms with van der Waals surface area (Å²) >= 11 is 0.992. The Hall–Kier alpha value is -3.11. The first kappa shape index (κ1) is 22.6. The summed E-state index contributed by atoms with van der Waals surface area (Å²) in [6, 6.07) is 13.1. The molecule has 0 fully saturated rings. The summed E-state index contributed by atoms with van der Waals surface area (Å²) in [4.78, 5) is 30.5. The number of rotatable bonds is 8. The Balaban J connectivity index is 1.64. The number of aromatic nitrogens is 2. The summed E-state index contributed by atoms with van der Waals surface area (Å²) in [6.45, 7) is 4.28. The second-order valence-corrected chi connectivity index (χ2v) is 9.37. The van der Waals surface area contributed by atoms with Crippen molar-refractivity contribution in [2.75, 3.05) is 17.7 Å². The van der Waals surface area contributed by atoms with Crippen LogP contribution in [0.1, 0.15) is 12.5 Å². The molecule has 0 saturated heterocycles. The van der Waals surface area contributed by atoms with Gasteiger partial charge in [0.05, 0.1) is 23.5 Å². The largest absolute Gasteiger partial charge is 0.494 e. The Morgan fingerprint density at radius 2 is 1.81 bits per heavy atom. The van der Waals surface area contributed by atoms with E-state index in [-0.39, 0.29) is 21.7 Å². The maximum Gasteiger partial charge on any atom is 0.270 e. The third-order valence-electron chi connectivity index (χ3n) is 4.15. The molecule has 1 aromatic heterocycles. The number of sulfone groups is 1. The van der Waals surface area contributed by atoms with Gasteiger partial charge < -0.3 is 15.0 Å². The molecule has 0 aliphatic heterocycles. The van der Waals surface area contributed by atoms with Gasteiger partial charge in [-0.1, -0.05) is 29.5 Å². The highest BCUT2D eigenvalue weighted by Crippen LogP contribution is 2.20. The maximum absolute atomic E-state index is 12.7. The van der Waals surface area contributed by atoms with Crippen LogP contribution in [-0.2, 0) is 14.6 Å². The molecule has 1 heterocycles. The zero-order valence-corrected chi connectivity index (χ0v) is 18.5. The molecule has 0 saturated carbocycles. The van der Waals surface area contributed by atoms with Gasteiger partial charge in [0.25, 0.3) is 5.56 Å². The van der Waals surface area contributed by atoms with Gasteiger partial charge in [0.15, 0.2) is 10.1 Å². The molecule has 2 aromatic carbocycles. The molecule has 0 atom stereocenters. The molecule has 3 rings (SSSR count). The highest BCUT2D eigenvalue weighted by atomic mass is 32.2. The maximum atomic E-state index is 12.7. The number of nitrogens with zero attached hydrogens (tertiary/aromatic N) is 1. The molecule has 0 aliphatic rings. The van der Waals surface area contributed by atoms with E-state index in [2.05, 4.69) is 15.3 Å². The first-order chi connectivity index (χ1) is 14.8. The normalized spacial score (nSPS) is 11.2. The van der Waals surface area contributed by atoms with Crippen molar-refractivity contribution in [3.05, 3.63) is 70.6 Å². The first-order valence-electron chi connectivity index (χ1n) is 9.36. The van der Waals surface area contributed by atoms with Crippen LogP contribution in [0.3, 0.4) is 0 Å². The number of H-pyrrole nitrogens is 1. The molecular weight excluding hydrogens is 438 g/mol. The van der Waals surface area contributed by atoms with Crippen LogP contribution in [0.2, 0.25) is 0 Å². The molecule has 0 aliphatic carbocycles. The van der Waals surface area contributed by atoms with Crippen LogP contribution < -0.4 is 15.6 Å². The van der Waals surface area contributed by atoms with Gasteiger partial charge >= 0.3 is 0 Å². The third-order valence-corrected chi connectivity index (χ3v) is 6.80. The number of anilines is 1. The minimum Gasteiger partial charge on any atom is -0.494 e. The van der Waals surface area contributed by atoms with Crippen LogP contribution in [0, 0.1) is 6.92 Å². The van der Waals surface area contributed by atoms with Crippen LogP contribution in [0.4, 0.5) is 5.69 Å². The molecule has 1 amide bonds. The summed E-state index contributed by atoms with van der Waals surface area (Å²) in [5.41, 5.74) is 0.723. The molecule has 162 valence electrons. The lowest BCUT2D eigenvalue weighted by molar-refractivity contribution is -0.113. The monoisotopic (exact) mass is 459 g/mol. The number of hydrogen-bond donors (Lipinski definition) is 2. The zero-order chi connectivity index (χ0) is 22.4. The average Bonchev–Trinajstić information content (AvgIpc) is 2.74. The summed E-state index contributed by atoms with van der Waals surface area (Å²) in [6.07, 6.45) is 1.01. The fourth-order valence-electron chi connectivity index (χ4n) is 2.61. The second-order valence-electron chi connectivity index (χ2n) is 6.49. The van der Waals surface area contributed by atoms with Gasteiger partial charge in [-0.05, 0) is 50.2 Å². The molecule has 31 heavy (non-hydrogen) atoms. The van der Waals surface area contributed by atoms with Crippen molar-refractivity contribution in [3.8, 4) is 5.75 Å². The minimum absolute atomic E-state index is 0.0137. The van der Waals surface area contributed by atoms with Crippen molar-refractivity contribution in [2.24, 2.45) is 0 Å². The second kappa shape index (κ2) is 9.80. The highest BCUT2D eigenvalue weighted by molar-refractivity contribution is 7.99. The molecule has 10 heteroatoms. The summed E-state index contributed by atoms with van der Waals surface area (Å²) in [5.74, 6) is 0.394. The van der Waals surface area contributed by atoms with Gasteiger partial charge in [0.1, 0.15) is 5.75 Å². The van der Waals surface area contributed by atoms with Gasteiger partial charge in [0.2, 0.25) is 15.7 Å². The van der Waals surface area contributed by atoms with Crippen molar-refractivity contribution in [1.29, 1.82) is 0 Å². The van der Waals surface area contributed by atoms with E-state index in [9.17, 15) is 18.0 Å². The Morgan fingerprint density at radius 1 is 1.13 bits per heavy atom. The van der Waals surface area contributed by atoms with Crippen LogP contribution in [0.15, 0.2) is 74.5 Å². The number of hydrogen-bond acceptors (Lipinski definition) is 7. The Bertz CT molecular complexity index is 1220. The topological polar surface area (TPSA) is 118 Å². The quantitative estimate of drug-likeness (QED) is 0.393. The number of aryl methyl sites for hydroxylation is 1. The molecule has 0 unspecified atom stereocenters. The summed E-state index contributed by atoms with van der Waals surface area (Å²) < 4.78 is 30.7. The lowest BCUT2D eigenvalue weighted by Crippen LogP contribution is -2.20. The lowest BCUT2D eigenvalue weighted by Gasteiger charge is -2.07. The number of carbonyl (C=O) groups is 1. The van der Waals surface area contributed by atoms with Crippen molar-refractivity contribution < 1.29 is 17.9 Å². The van der Waals surface area contributed by atoms with E-state index in [4.69, 9.17) is 4.74 Å². The van der Waals surface area contributed by atoms with Gasteiger partial charge in [-0.15, -0.1) is 0 Å². The van der Waals surface area contributed by atoms with E-state index >= 15 is 0 Å². The van der Waals surface area contributed by atoms with Crippen molar-refractivity contribution in [1.82, 2.24) is 9.97 Å². The Morgan fingerprint density at radius 3 is 2.42 bits per heavy atom. The predicted octanol–water partition coefficient (Wildman–Crippen LogP) is 3.04. The fraction of sp³-hybridized carbons (Fsp3) is 0.190. The molecule has 0 spiro atoms. The summed E-state index contributed by atoms with van der Waals surface area (Å²) in [7, 11) is -3.99. The van der Waals surface area contributed by atoms with Gasteiger partial charge in [0, 0.05) is 5.69 Å². The van der Waals surface area contributed by atoms with E-state index in [1.807, 2.05) is 13.8 Å². The molecule has 8 nitrogen and oxygen atoms in total. The standard InChI is InChI=1S/C21H21N3O5S2/c1-3-29-16-8-6-15(7-9-16)23-19(25)13-30-21-22-12-18(20(26)24-21)31(27,28)17-10-4-14(2)5-11-17/h4-12H,3,13H2,1-2H3,(H,23,25)(H,22,24,26). The number of carbonyl (C=O) groups excluding carboxylic acids is 1. The molecule has 0 bridgehead atoms. The van der Waals surface area contributed by atoms with Crippen LogP contribution >= 0.6 is 11.8 Å². The lowest BCUT2D eigenvalue weighted by atomic mass is 10.2. The van der Waals surface area contributed by atoms with Crippen molar-refractivity contribution in [3.63, 3.8) is 0 Å². The Kier molecular flexibility index (Phi) is 7.13. The smallest absolute Gasteiger partial charge is 0.270 e. The SMILES string of the molecule is CCOc1ccc(NC(=O)CSc2ncc(S(=O)(=O)c3ccc(C)cc3)c(=O)[nH]2)cc1. The number of nitrogens with one attached hydrogen (secondary N) is 2. The van der Waals surface area contributed by atoms with Crippen molar-refractivity contribution >= 4 is 33.2 Å². The van der Waals surface area contributed by atoms with Crippen molar-refractivity contribution in [2.45, 2.75) is 28.8 Å². The fourth-order valence-corrected chi connectivity index (χ4v) is 4.48. The number of thioether (sulfide) groups is 1. The van der Waals surface area contributed by atoms with E-state index in [0.29, 0.717) is 18.0 Å². The van der Waals surface area contributed by atoms with Crippen LogP contribution in [-0.4, -0.2) is 36.7 Å². The van der Waals surface area contributed by atoms with Gasteiger partial charge in [-0.25, -0.2) is 13.4 Å². The van der Waals surface area contributed by atoms with Crippen LogP contribution in [0.5, 0.6) is 5.75 Å². The van der Waals surface area contributed by atoms with Gasteiger partial charge in [-0.2, -0.15) is 0 Å². The zero-order valence-electron chi connectivity index (χ0n) is 16.9. The summed E-state index contributed by atoms with van der Waals surface area (Å²) in [5, 5.41) is 2.87. The van der Waals surface area contributed by atoms with E-state index < -0.39 is 20.3 Å². The molecular formula is C21H21N3O5S2. The van der Waals surface area contributed by atoms with E-state index in [1.54, 1.807) is 36.4 Å². The predicted molar refractivity (Wildman–Crippen MR) is 118 cm³/mol. The number of ether oxygens (including phenoxy) is 1. The first-order valence-corrected chi connectivity index (χ1v) is 11.8. The van der Waals surface area contributed by atoms with Crippen LogP contribution in [0.25, 0.3) is 0 Å². The average molecular weight is 460 g/mol. The molecule has 2 N–H and O–H groups in total. The number of amides is 1. The highest BCUT2D eigenvalue weighted by Gasteiger charge is 2.22. The van der Waals surface area contributed by atoms with E-state index in [0.717, 1.165) is 23.5 Å². The van der Waals surface area contributed by atoms with E-state index in [1.165, 1.54) is 12.1 Å². The number of aromatic amines is 1. The Labute approximate surface area is 184 Å². The molecule has 3 aromatic rings. The number of benzene rings is 2. The van der Waals surface area contributed by atoms with Gasteiger partial charge in [-0.3, -0.25) is 9.59 Å². The molecule has 0 radical (unpaired) electrons. The minimum atomic E-state index is -3.99.